The fourth-order valence-electron chi connectivity index (χ4n) is 4.62. The topological polar surface area (TPSA) is 98.3 Å². The summed E-state index contributed by atoms with van der Waals surface area (Å²) in [6, 6.07) is 15.7. The number of anilines is 3. The summed E-state index contributed by atoms with van der Waals surface area (Å²) in [7, 11) is 0. The Morgan fingerprint density at radius 1 is 0.950 bits per heavy atom. The van der Waals surface area contributed by atoms with Crippen LogP contribution >= 0.6 is 0 Å². The zero-order chi connectivity index (χ0) is 28.0. The van der Waals surface area contributed by atoms with Crippen molar-refractivity contribution in [2.45, 2.75) is 32.8 Å². The van der Waals surface area contributed by atoms with Crippen LogP contribution in [0, 0.1) is 0 Å². The molecule has 3 aromatic rings. The lowest BCUT2D eigenvalue weighted by molar-refractivity contribution is 0.0263. The Morgan fingerprint density at radius 3 is 2.65 bits per heavy atom. The van der Waals surface area contributed by atoms with Crippen LogP contribution in [-0.2, 0) is 9.47 Å². The fraction of sp³-hybridized carbons (Fsp3) is 0.433. The van der Waals surface area contributed by atoms with Gasteiger partial charge in [-0.2, -0.15) is 0 Å². The third kappa shape index (κ3) is 7.32. The maximum absolute atomic E-state index is 12.7. The van der Waals surface area contributed by atoms with Crippen molar-refractivity contribution >= 4 is 23.4 Å². The second-order valence-electron chi connectivity index (χ2n) is 10.7. The number of ether oxygens (including phenoxy) is 4. The maximum Gasteiger partial charge on any atom is 0.410 e. The number of nitrogens with one attached hydrogen (secondary N) is 1. The predicted octanol–water partition coefficient (Wildman–Crippen LogP) is 5.12. The summed E-state index contributed by atoms with van der Waals surface area (Å²) in [6.07, 6.45) is 2.28. The number of nitrogens with zero attached hydrogens (tertiary/aromatic N) is 4. The van der Waals surface area contributed by atoms with E-state index in [0.29, 0.717) is 52.0 Å². The molecule has 10 heteroatoms. The van der Waals surface area contributed by atoms with Gasteiger partial charge in [-0.15, -0.1) is 0 Å². The first-order valence-corrected chi connectivity index (χ1v) is 13.7. The Morgan fingerprint density at radius 2 is 1.80 bits per heavy atom. The normalized spacial score (nSPS) is 16.5. The van der Waals surface area contributed by atoms with Crippen LogP contribution in [0.2, 0.25) is 0 Å². The van der Waals surface area contributed by atoms with E-state index in [0.717, 1.165) is 47.1 Å². The van der Waals surface area contributed by atoms with Crippen LogP contribution in [0.3, 0.4) is 0 Å². The van der Waals surface area contributed by atoms with Gasteiger partial charge in [-0.25, -0.2) is 14.8 Å². The number of rotatable bonds is 1. The first-order chi connectivity index (χ1) is 19.3. The van der Waals surface area contributed by atoms with E-state index in [1.807, 2.05) is 69.3 Å². The predicted molar refractivity (Wildman–Crippen MR) is 154 cm³/mol. The summed E-state index contributed by atoms with van der Waals surface area (Å²) in [6.45, 7) is 10.0. The average molecular weight is 548 g/mol. The van der Waals surface area contributed by atoms with Crippen LogP contribution in [0.5, 0.6) is 11.5 Å². The number of hydrogen-bond donors (Lipinski definition) is 1. The number of fused-ring (bicyclic) bond motifs is 7. The first-order valence-electron chi connectivity index (χ1n) is 13.7. The van der Waals surface area contributed by atoms with E-state index in [1.165, 1.54) is 0 Å². The second-order valence-corrected chi connectivity index (χ2v) is 10.7. The molecule has 0 unspecified atom stereocenters. The number of hydrogen-bond acceptors (Lipinski definition) is 9. The molecule has 0 atom stereocenters. The minimum absolute atomic E-state index is 0.274. The summed E-state index contributed by atoms with van der Waals surface area (Å²) >= 11 is 0. The molecule has 1 fully saturated rings. The Hall–Kier alpha value is -4.05. The maximum atomic E-state index is 12.7. The van der Waals surface area contributed by atoms with Crippen LogP contribution in [0.4, 0.5) is 22.1 Å². The van der Waals surface area contributed by atoms with Gasteiger partial charge in [-0.3, -0.25) is 0 Å². The van der Waals surface area contributed by atoms with Gasteiger partial charge in [0.25, 0.3) is 0 Å². The van der Waals surface area contributed by atoms with Gasteiger partial charge in [0.2, 0.25) is 5.95 Å². The summed E-state index contributed by atoms with van der Waals surface area (Å²) < 4.78 is 23.5. The summed E-state index contributed by atoms with van der Waals surface area (Å²) in [5.74, 6) is 1.97. The molecular weight excluding hydrogens is 510 g/mol. The first kappa shape index (κ1) is 27.5. The van der Waals surface area contributed by atoms with Gasteiger partial charge >= 0.3 is 6.09 Å². The lowest BCUT2D eigenvalue weighted by Gasteiger charge is -2.27. The van der Waals surface area contributed by atoms with Gasteiger partial charge in [0.05, 0.1) is 24.6 Å². The summed E-state index contributed by atoms with van der Waals surface area (Å²) in [5.41, 5.74) is 2.98. The highest BCUT2D eigenvalue weighted by Crippen LogP contribution is 2.33. The van der Waals surface area contributed by atoms with Crippen LogP contribution in [0.15, 0.2) is 54.7 Å². The fourth-order valence-corrected chi connectivity index (χ4v) is 4.62. The molecule has 2 aliphatic heterocycles. The van der Waals surface area contributed by atoms with E-state index in [2.05, 4.69) is 15.2 Å². The largest absolute Gasteiger partial charge is 0.491 e. The molecular formula is C30H37N5O5. The molecule has 1 amide bonds. The van der Waals surface area contributed by atoms with Gasteiger partial charge in [0, 0.05) is 49.7 Å². The van der Waals surface area contributed by atoms with Gasteiger partial charge in [-0.05, 0) is 57.5 Å². The molecule has 2 aromatic carbocycles. The minimum Gasteiger partial charge on any atom is -0.491 e. The van der Waals surface area contributed by atoms with Crippen molar-refractivity contribution in [2.24, 2.45) is 0 Å². The lowest BCUT2D eigenvalue weighted by Crippen LogP contribution is -2.39. The van der Waals surface area contributed by atoms with Crippen molar-refractivity contribution in [1.82, 2.24) is 14.9 Å². The van der Waals surface area contributed by atoms with E-state index in [9.17, 15) is 4.79 Å². The molecule has 1 N–H and O–H groups in total. The number of carbonyl (C=O) groups excluding carboxylic acids is 1. The molecule has 40 heavy (non-hydrogen) atoms. The molecule has 1 saturated heterocycles. The van der Waals surface area contributed by atoms with Crippen molar-refractivity contribution in [3.63, 3.8) is 0 Å². The lowest BCUT2D eigenvalue weighted by atomic mass is 10.1. The highest BCUT2D eigenvalue weighted by molar-refractivity contribution is 5.70. The third-order valence-electron chi connectivity index (χ3n) is 6.47. The zero-order valence-corrected chi connectivity index (χ0v) is 23.4. The monoisotopic (exact) mass is 547 g/mol. The number of carbonyl (C=O) groups is 1. The molecule has 0 saturated carbocycles. The molecule has 0 aliphatic carbocycles. The highest BCUT2D eigenvalue weighted by atomic mass is 16.6. The smallest absolute Gasteiger partial charge is 0.410 e. The van der Waals surface area contributed by atoms with Crippen molar-refractivity contribution in [1.29, 1.82) is 0 Å². The molecule has 10 nitrogen and oxygen atoms in total. The van der Waals surface area contributed by atoms with Gasteiger partial charge < -0.3 is 34.1 Å². The third-order valence-corrected chi connectivity index (χ3v) is 6.47. The number of amides is 1. The van der Waals surface area contributed by atoms with Crippen molar-refractivity contribution in [2.75, 3.05) is 62.8 Å². The van der Waals surface area contributed by atoms with Crippen LogP contribution in [-0.4, -0.2) is 79.2 Å². The Balaban J connectivity index is 1.37. The Bertz CT molecular complexity index is 1310. The van der Waals surface area contributed by atoms with Crippen LogP contribution in [0.25, 0.3) is 11.3 Å². The number of benzene rings is 2. The molecule has 212 valence electrons. The molecule has 0 radical (unpaired) electrons. The quantitative estimate of drug-likeness (QED) is 0.445. The Kier molecular flexibility index (Phi) is 8.54. The van der Waals surface area contributed by atoms with Crippen LogP contribution in [0.1, 0.15) is 27.2 Å². The van der Waals surface area contributed by atoms with E-state index >= 15 is 0 Å². The van der Waals surface area contributed by atoms with E-state index in [1.54, 1.807) is 11.1 Å². The van der Waals surface area contributed by atoms with E-state index in [4.69, 9.17) is 23.9 Å². The zero-order valence-electron chi connectivity index (χ0n) is 23.4. The Labute approximate surface area is 235 Å². The SMILES string of the molecule is CC(C)(C)OC(=O)N1CCCN(c2ccc3cc2OCCOCCOc2cccc(c2)-c2ccnc(n2)N3)CC1. The highest BCUT2D eigenvalue weighted by Gasteiger charge is 2.25. The minimum atomic E-state index is -0.522. The van der Waals surface area contributed by atoms with Crippen molar-refractivity contribution in [3.05, 3.63) is 54.7 Å². The number of aromatic nitrogens is 2. The molecule has 2 aliphatic rings. The van der Waals surface area contributed by atoms with Gasteiger partial charge in [0.15, 0.2) is 0 Å². The second kappa shape index (κ2) is 12.4. The van der Waals surface area contributed by atoms with Gasteiger partial charge in [-0.1, -0.05) is 12.1 Å². The molecule has 3 heterocycles. The standard InChI is InChI=1S/C30H37N5O5/c1-30(2,3)40-29(36)35-13-5-12-34(14-15-35)26-9-8-23-21-27(26)39-19-17-37-16-18-38-24-7-4-6-22(20-24)25-10-11-31-28(32-23)33-25/h4,6-11,20-21H,5,12-19H2,1-3H3,(H,31,32,33). The molecule has 6 bridgehead atoms. The van der Waals surface area contributed by atoms with Gasteiger partial charge in [0.1, 0.15) is 30.3 Å². The summed E-state index contributed by atoms with van der Waals surface area (Å²) in [5, 5.41) is 3.32. The molecule has 5 rings (SSSR count). The summed E-state index contributed by atoms with van der Waals surface area (Å²) in [4.78, 5) is 25.8. The van der Waals surface area contributed by atoms with E-state index < -0.39 is 5.60 Å². The molecule has 1 aromatic heterocycles. The van der Waals surface area contributed by atoms with Crippen LogP contribution < -0.4 is 19.7 Å². The average Bonchev–Trinajstić information content (AvgIpc) is 3.18. The van der Waals surface area contributed by atoms with Crippen molar-refractivity contribution < 1.29 is 23.7 Å². The van der Waals surface area contributed by atoms with Crippen molar-refractivity contribution in [3.8, 4) is 22.8 Å². The van der Waals surface area contributed by atoms with E-state index in [-0.39, 0.29) is 6.09 Å². The molecule has 0 spiro atoms.